The van der Waals surface area contributed by atoms with Crippen molar-refractivity contribution in [2.24, 2.45) is 0 Å². The molecule has 11 heavy (non-hydrogen) atoms. The second kappa shape index (κ2) is 3.34. The van der Waals surface area contributed by atoms with Gasteiger partial charge in [0.15, 0.2) is 0 Å². The first-order chi connectivity index (χ1) is 5.24. The number of hydrogen-bond donors (Lipinski definition) is 2. The zero-order chi connectivity index (χ0) is 8.27. The van der Waals surface area contributed by atoms with Gasteiger partial charge in [0.05, 0.1) is 0 Å². The minimum Gasteiger partial charge on any atom is -0.399 e. The Hall–Kier alpha value is -1.09. The van der Waals surface area contributed by atoms with Crippen LogP contribution in [0.2, 0.25) is 0 Å². The molecule has 0 heterocycles. The maximum atomic E-state index is 12.9. The smallest absolute Gasteiger partial charge is 0.127 e. The molecule has 2 nitrogen and oxygen atoms in total. The average Bonchev–Trinajstić information content (AvgIpc) is 1.98. The second-order valence-corrected chi connectivity index (χ2v) is 2.38. The molecule has 1 aromatic rings. The van der Waals surface area contributed by atoms with Crippen molar-refractivity contribution in [3.63, 3.8) is 0 Å². The number of halogens is 1. The monoisotopic (exact) mass is 154 g/mol. The van der Waals surface area contributed by atoms with Crippen molar-refractivity contribution < 1.29 is 4.39 Å². The number of anilines is 1. The lowest BCUT2D eigenvalue weighted by Gasteiger charge is -2.02. The first kappa shape index (κ1) is 8.01. The maximum absolute atomic E-state index is 12.9. The molecule has 1 aromatic carbocycles. The molecule has 0 amide bonds. The highest BCUT2D eigenvalue weighted by molar-refractivity contribution is 5.41. The van der Waals surface area contributed by atoms with Crippen molar-refractivity contribution in [3.05, 3.63) is 29.6 Å². The molecule has 0 spiro atoms. The van der Waals surface area contributed by atoms with Crippen LogP contribution in [0, 0.1) is 5.82 Å². The van der Waals surface area contributed by atoms with E-state index in [4.69, 9.17) is 5.73 Å². The maximum Gasteiger partial charge on any atom is 0.127 e. The molecule has 0 saturated carbocycles. The third-order valence-electron chi connectivity index (χ3n) is 1.44. The van der Waals surface area contributed by atoms with Gasteiger partial charge in [-0.25, -0.2) is 4.39 Å². The summed E-state index contributed by atoms with van der Waals surface area (Å²) in [5.74, 6) is -0.214. The van der Waals surface area contributed by atoms with Gasteiger partial charge in [-0.15, -0.1) is 0 Å². The van der Waals surface area contributed by atoms with E-state index < -0.39 is 0 Å². The van der Waals surface area contributed by atoms with Crippen molar-refractivity contribution in [2.45, 2.75) is 6.54 Å². The van der Waals surface area contributed by atoms with Crippen LogP contribution in [0.5, 0.6) is 0 Å². The van der Waals surface area contributed by atoms with E-state index in [1.54, 1.807) is 19.2 Å². The van der Waals surface area contributed by atoms with Crippen LogP contribution in [-0.4, -0.2) is 7.05 Å². The fourth-order valence-corrected chi connectivity index (χ4v) is 0.921. The zero-order valence-electron chi connectivity index (χ0n) is 6.39. The summed E-state index contributed by atoms with van der Waals surface area (Å²) in [7, 11) is 1.77. The predicted molar refractivity (Wildman–Crippen MR) is 43.6 cm³/mol. The van der Waals surface area contributed by atoms with Crippen LogP contribution in [0.4, 0.5) is 10.1 Å². The molecule has 0 atom stereocenters. The van der Waals surface area contributed by atoms with Crippen molar-refractivity contribution in [2.75, 3.05) is 12.8 Å². The summed E-state index contributed by atoms with van der Waals surface area (Å²) in [6, 6.07) is 4.56. The lowest BCUT2D eigenvalue weighted by Crippen LogP contribution is -2.07. The van der Waals surface area contributed by atoms with Crippen molar-refractivity contribution in [1.82, 2.24) is 5.32 Å². The first-order valence-corrected chi connectivity index (χ1v) is 3.42. The van der Waals surface area contributed by atoms with Gasteiger partial charge < -0.3 is 11.1 Å². The fourth-order valence-electron chi connectivity index (χ4n) is 0.921. The summed E-state index contributed by atoms with van der Waals surface area (Å²) < 4.78 is 12.9. The van der Waals surface area contributed by atoms with E-state index in [1.165, 1.54) is 6.07 Å². The van der Waals surface area contributed by atoms with E-state index in [2.05, 4.69) is 5.32 Å². The summed E-state index contributed by atoms with van der Waals surface area (Å²) in [5.41, 5.74) is 6.66. The van der Waals surface area contributed by atoms with E-state index in [1.807, 2.05) is 0 Å². The normalized spacial score (nSPS) is 10.0. The van der Waals surface area contributed by atoms with Gasteiger partial charge in [-0.2, -0.15) is 0 Å². The van der Waals surface area contributed by atoms with E-state index in [-0.39, 0.29) is 5.82 Å². The topological polar surface area (TPSA) is 38.0 Å². The predicted octanol–water partition coefficient (Wildman–Crippen LogP) is 1.13. The van der Waals surface area contributed by atoms with Gasteiger partial charge in [0, 0.05) is 17.8 Å². The molecule has 0 saturated heterocycles. The van der Waals surface area contributed by atoms with Gasteiger partial charge >= 0.3 is 0 Å². The molecule has 0 aliphatic carbocycles. The Balaban J connectivity index is 2.93. The van der Waals surface area contributed by atoms with Crippen LogP contribution >= 0.6 is 0 Å². The Labute approximate surface area is 65.2 Å². The van der Waals surface area contributed by atoms with Crippen LogP contribution < -0.4 is 11.1 Å². The van der Waals surface area contributed by atoms with Gasteiger partial charge in [0.2, 0.25) is 0 Å². The minimum atomic E-state index is -0.214. The Kier molecular flexibility index (Phi) is 2.44. The standard InChI is InChI=1S/C8H11FN2/c1-11-5-6-4-7(10)2-3-8(6)9/h2-4,11H,5,10H2,1H3. The highest BCUT2D eigenvalue weighted by Gasteiger charge is 1.99. The zero-order valence-corrected chi connectivity index (χ0v) is 6.39. The molecule has 0 aliphatic rings. The van der Waals surface area contributed by atoms with E-state index >= 15 is 0 Å². The van der Waals surface area contributed by atoms with Crippen LogP contribution in [0.15, 0.2) is 18.2 Å². The van der Waals surface area contributed by atoms with Gasteiger partial charge in [-0.05, 0) is 25.2 Å². The van der Waals surface area contributed by atoms with Crippen LogP contribution in [-0.2, 0) is 6.54 Å². The number of rotatable bonds is 2. The number of hydrogen-bond acceptors (Lipinski definition) is 2. The molecule has 1 rings (SSSR count). The van der Waals surface area contributed by atoms with Crippen molar-refractivity contribution in [1.29, 1.82) is 0 Å². The number of nitrogen functional groups attached to an aromatic ring is 1. The number of nitrogens with two attached hydrogens (primary N) is 1. The number of benzene rings is 1. The Morgan fingerprint density at radius 3 is 2.91 bits per heavy atom. The van der Waals surface area contributed by atoms with E-state index in [0.717, 1.165) is 0 Å². The summed E-state index contributed by atoms with van der Waals surface area (Å²) in [4.78, 5) is 0. The molecule has 0 unspecified atom stereocenters. The molecule has 3 N–H and O–H groups in total. The summed E-state index contributed by atoms with van der Waals surface area (Å²) in [6.45, 7) is 0.511. The quantitative estimate of drug-likeness (QED) is 0.626. The SMILES string of the molecule is CNCc1cc(N)ccc1F. The highest BCUT2D eigenvalue weighted by atomic mass is 19.1. The summed E-state index contributed by atoms with van der Waals surface area (Å²) in [6.07, 6.45) is 0. The van der Waals surface area contributed by atoms with Gasteiger partial charge in [-0.1, -0.05) is 0 Å². The Morgan fingerprint density at radius 2 is 2.27 bits per heavy atom. The Morgan fingerprint density at radius 1 is 1.55 bits per heavy atom. The molecule has 60 valence electrons. The Bertz CT molecular complexity index is 248. The third-order valence-corrected chi connectivity index (χ3v) is 1.44. The third kappa shape index (κ3) is 1.91. The van der Waals surface area contributed by atoms with Gasteiger partial charge in [0.25, 0.3) is 0 Å². The van der Waals surface area contributed by atoms with Crippen molar-refractivity contribution in [3.8, 4) is 0 Å². The summed E-state index contributed by atoms with van der Waals surface area (Å²) >= 11 is 0. The lowest BCUT2D eigenvalue weighted by atomic mass is 10.2. The minimum absolute atomic E-state index is 0.214. The largest absolute Gasteiger partial charge is 0.399 e. The van der Waals surface area contributed by atoms with Crippen molar-refractivity contribution >= 4 is 5.69 Å². The molecule has 0 radical (unpaired) electrons. The summed E-state index contributed by atoms with van der Waals surface area (Å²) in [5, 5.41) is 2.86. The molecular formula is C8H11FN2. The van der Waals surface area contributed by atoms with Crippen LogP contribution in [0.1, 0.15) is 5.56 Å². The molecule has 0 aliphatic heterocycles. The fraction of sp³-hybridized carbons (Fsp3) is 0.250. The van der Waals surface area contributed by atoms with Crippen LogP contribution in [0.3, 0.4) is 0 Å². The average molecular weight is 154 g/mol. The first-order valence-electron chi connectivity index (χ1n) is 3.42. The molecule has 0 aromatic heterocycles. The van der Waals surface area contributed by atoms with Crippen LogP contribution in [0.25, 0.3) is 0 Å². The number of nitrogens with one attached hydrogen (secondary N) is 1. The van der Waals surface area contributed by atoms with Gasteiger partial charge in [-0.3, -0.25) is 0 Å². The van der Waals surface area contributed by atoms with Gasteiger partial charge in [0.1, 0.15) is 5.82 Å². The van der Waals surface area contributed by atoms with E-state index in [9.17, 15) is 4.39 Å². The second-order valence-electron chi connectivity index (χ2n) is 2.38. The molecule has 3 heteroatoms. The molecular weight excluding hydrogens is 143 g/mol. The molecule has 0 bridgehead atoms. The lowest BCUT2D eigenvalue weighted by molar-refractivity contribution is 0.601. The highest BCUT2D eigenvalue weighted by Crippen LogP contribution is 2.10. The molecule has 0 fully saturated rings. The van der Waals surface area contributed by atoms with E-state index in [0.29, 0.717) is 17.8 Å².